The molecule has 2 aliphatic rings. The zero-order valence-electron chi connectivity index (χ0n) is 17.4. The van der Waals surface area contributed by atoms with E-state index in [0.717, 1.165) is 41.1 Å². The molecule has 0 bridgehead atoms. The molecule has 1 saturated heterocycles. The van der Waals surface area contributed by atoms with Gasteiger partial charge in [0.05, 0.1) is 4.91 Å². The van der Waals surface area contributed by atoms with Crippen LogP contribution in [0.2, 0.25) is 0 Å². The molecule has 2 aromatic rings. The smallest absolute Gasteiger partial charge is 0.293 e. The summed E-state index contributed by atoms with van der Waals surface area (Å²) in [6, 6.07) is 8.11. The molecule has 30 heavy (non-hydrogen) atoms. The van der Waals surface area contributed by atoms with E-state index in [9.17, 15) is 14.4 Å². The number of imide groups is 1. The van der Waals surface area contributed by atoms with Gasteiger partial charge in [0.25, 0.3) is 11.1 Å². The van der Waals surface area contributed by atoms with Crippen molar-refractivity contribution < 1.29 is 14.4 Å². The Bertz CT molecular complexity index is 1020. The number of amides is 3. The predicted molar refractivity (Wildman–Crippen MR) is 120 cm³/mol. The van der Waals surface area contributed by atoms with E-state index in [2.05, 4.69) is 5.32 Å². The Hall–Kier alpha value is -2.54. The standard InChI is InChI=1S/C23H27N3O3S/c1-15(2)12-26-22(28)20(30-23(26)29)11-16-13-25(19-10-6-5-9-18(16)19)14-21(27)24-17-7-3-4-8-17/h5-6,9-11,13,15,17H,3-4,7-8,12,14H2,1-2H3,(H,24,27)/b20-11-. The van der Waals surface area contributed by atoms with Crippen LogP contribution in [0.3, 0.4) is 0 Å². The predicted octanol–water partition coefficient (Wildman–Crippen LogP) is 4.39. The normalized spacial score (nSPS) is 19.0. The summed E-state index contributed by atoms with van der Waals surface area (Å²) in [6.45, 7) is 4.62. The van der Waals surface area contributed by atoms with Crippen LogP contribution in [-0.4, -0.2) is 39.1 Å². The van der Waals surface area contributed by atoms with Gasteiger partial charge in [0.2, 0.25) is 5.91 Å². The Morgan fingerprint density at radius 1 is 1.23 bits per heavy atom. The maximum atomic E-state index is 12.7. The van der Waals surface area contributed by atoms with Crippen molar-refractivity contribution in [1.29, 1.82) is 0 Å². The molecule has 7 heteroatoms. The second kappa shape index (κ2) is 8.68. The van der Waals surface area contributed by atoms with E-state index in [0.29, 0.717) is 11.4 Å². The van der Waals surface area contributed by atoms with Gasteiger partial charge in [-0.2, -0.15) is 0 Å². The van der Waals surface area contributed by atoms with Crippen LogP contribution in [0.25, 0.3) is 17.0 Å². The lowest BCUT2D eigenvalue weighted by atomic mass is 10.1. The lowest BCUT2D eigenvalue weighted by Crippen LogP contribution is -2.35. The number of fused-ring (bicyclic) bond motifs is 1. The number of carbonyl (C=O) groups excluding carboxylic acids is 3. The van der Waals surface area contributed by atoms with Gasteiger partial charge in [-0.05, 0) is 42.7 Å². The summed E-state index contributed by atoms with van der Waals surface area (Å²) in [6.07, 6.45) is 8.13. The van der Waals surface area contributed by atoms with Gasteiger partial charge in [-0.1, -0.05) is 44.9 Å². The van der Waals surface area contributed by atoms with Crippen molar-refractivity contribution >= 4 is 45.8 Å². The third-order valence-corrected chi connectivity index (χ3v) is 6.47. The second-order valence-corrected chi connectivity index (χ2v) is 9.46. The zero-order valence-corrected chi connectivity index (χ0v) is 18.2. The molecule has 0 unspecified atom stereocenters. The molecule has 4 rings (SSSR count). The van der Waals surface area contributed by atoms with Gasteiger partial charge in [-0.25, -0.2) is 0 Å². The first-order valence-corrected chi connectivity index (χ1v) is 11.4. The van der Waals surface area contributed by atoms with Crippen molar-refractivity contribution in [3.05, 3.63) is 40.9 Å². The summed E-state index contributed by atoms with van der Waals surface area (Å²) >= 11 is 0.982. The molecule has 1 aromatic heterocycles. The van der Waals surface area contributed by atoms with Crippen LogP contribution in [0, 0.1) is 5.92 Å². The van der Waals surface area contributed by atoms with Crippen molar-refractivity contribution in [2.45, 2.75) is 52.1 Å². The fourth-order valence-corrected chi connectivity index (χ4v) is 5.02. The Kier molecular flexibility index (Phi) is 5.99. The molecule has 0 atom stereocenters. The zero-order chi connectivity index (χ0) is 21.3. The van der Waals surface area contributed by atoms with E-state index in [4.69, 9.17) is 0 Å². The molecule has 0 radical (unpaired) electrons. The number of benzene rings is 1. The summed E-state index contributed by atoms with van der Waals surface area (Å²) in [5.41, 5.74) is 1.78. The number of thioether (sulfide) groups is 1. The van der Waals surface area contributed by atoms with Crippen LogP contribution in [-0.2, 0) is 16.1 Å². The summed E-state index contributed by atoms with van der Waals surface area (Å²) in [7, 11) is 0. The number of para-hydroxylation sites is 1. The van der Waals surface area contributed by atoms with Crippen LogP contribution < -0.4 is 5.32 Å². The molecule has 158 valence electrons. The highest BCUT2D eigenvalue weighted by Gasteiger charge is 2.35. The maximum Gasteiger partial charge on any atom is 0.293 e. The van der Waals surface area contributed by atoms with Gasteiger partial charge in [-0.3, -0.25) is 19.3 Å². The quantitative estimate of drug-likeness (QED) is 0.697. The number of aromatic nitrogens is 1. The Morgan fingerprint density at radius 3 is 2.70 bits per heavy atom. The molecule has 1 saturated carbocycles. The maximum absolute atomic E-state index is 12.7. The number of rotatable bonds is 6. The van der Waals surface area contributed by atoms with E-state index in [1.807, 2.05) is 48.9 Å². The van der Waals surface area contributed by atoms with Crippen molar-refractivity contribution in [3.63, 3.8) is 0 Å². The molecule has 2 heterocycles. The van der Waals surface area contributed by atoms with Crippen molar-refractivity contribution in [2.75, 3.05) is 6.54 Å². The molecule has 6 nitrogen and oxygen atoms in total. The number of hydrogen-bond acceptors (Lipinski definition) is 4. The fraction of sp³-hybridized carbons (Fsp3) is 0.435. The van der Waals surface area contributed by atoms with Crippen molar-refractivity contribution in [3.8, 4) is 0 Å². The third kappa shape index (κ3) is 4.31. The SMILES string of the molecule is CC(C)CN1C(=O)S/C(=C\c2cn(CC(=O)NC3CCCC3)c3ccccc23)C1=O. The first-order valence-electron chi connectivity index (χ1n) is 10.5. The topological polar surface area (TPSA) is 71.4 Å². The first-order chi connectivity index (χ1) is 14.4. The molecule has 1 aliphatic heterocycles. The minimum absolute atomic E-state index is 0.00598. The van der Waals surface area contributed by atoms with E-state index in [1.54, 1.807) is 6.08 Å². The molecule has 0 spiro atoms. The Balaban J connectivity index is 1.59. The van der Waals surface area contributed by atoms with Crippen molar-refractivity contribution in [2.24, 2.45) is 5.92 Å². The molecule has 1 aliphatic carbocycles. The Labute approximate surface area is 180 Å². The molecular formula is C23H27N3O3S. The van der Waals surface area contributed by atoms with E-state index in [1.165, 1.54) is 17.7 Å². The lowest BCUT2D eigenvalue weighted by Gasteiger charge is -2.14. The van der Waals surface area contributed by atoms with Crippen LogP contribution in [0.15, 0.2) is 35.4 Å². The van der Waals surface area contributed by atoms with Crippen LogP contribution >= 0.6 is 11.8 Å². The van der Waals surface area contributed by atoms with E-state index < -0.39 is 0 Å². The summed E-state index contributed by atoms with van der Waals surface area (Å²) in [4.78, 5) is 39.3. The van der Waals surface area contributed by atoms with E-state index >= 15 is 0 Å². The largest absolute Gasteiger partial charge is 0.352 e. The minimum atomic E-state index is -0.241. The highest BCUT2D eigenvalue weighted by Crippen LogP contribution is 2.34. The Morgan fingerprint density at radius 2 is 1.97 bits per heavy atom. The van der Waals surface area contributed by atoms with Gasteiger partial charge in [0.15, 0.2) is 0 Å². The highest BCUT2D eigenvalue weighted by molar-refractivity contribution is 8.18. The van der Waals surface area contributed by atoms with Crippen LogP contribution in [0.1, 0.15) is 45.1 Å². The van der Waals surface area contributed by atoms with Gasteiger partial charge in [-0.15, -0.1) is 0 Å². The number of nitrogens with one attached hydrogen (secondary N) is 1. The minimum Gasteiger partial charge on any atom is -0.352 e. The van der Waals surface area contributed by atoms with Crippen LogP contribution in [0.4, 0.5) is 4.79 Å². The van der Waals surface area contributed by atoms with Gasteiger partial charge in [0.1, 0.15) is 6.54 Å². The van der Waals surface area contributed by atoms with Crippen molar-refractivity contribution in [1.82, 2.24) is 14.8 Å². The lowest BCUT2D eigenvalue weighted by molar-refractivity contribution is -0.123. The molecule has 3 amide bonds. The molecular weight excluding hydrogens is 398 g/mol. The van der Waals surface area contributed by atoms with Gasteiger partial charge < -0.3 is 9.88 Å². The number of hydrogen-bond donors (Lipinski definition) is 1. The summed E-state index contributed by atoms with van der Waals surface area (Å²) < 4.78 is 1.92. The average Bonchev–Trinajstić information content (AvgIpc) is 3.39. The fourth-order valence-electron chi connectivity index (χ4n) is 4.18. The second-order valence-electron chi connectivity index (χ2n) is 8.46. The molecule has 2 fully saturated rings. The number of nitrogens with zero attached hydrogens (tertiary/aromatic N) is 2. The highest BCUT2D eigenvalue weighted by atomic mass is 32.2. The molecule has 1 aromatic carbocycles. The van der Waals surface area contributed by atoms with E-state index in [-0.39, 0.29) is 35.6 Å². The molecule has 1 N–H and O–H groups in total. The third-order valence-electron chi connectivity index (χ3n) is 5.56. The van der Waals surface area contributed by atoms with Gasteiger partial charge in [0, 0.05) is 35.2 Å². The summed E-state index contributed by atoms with van der Waals surface area (Å²) in [5.74, 6) is -0.0147. The average molecular weight is 426 g/mol. The monoisotopic (exact) mass is 425 g/mol. The van der Waals surface area contributed by atoms with Gasteiger partial charge >= 0.3 is 0 Å². The summed E-state index contributed by atoms with van der Waals surface area (Å²) in [5, 5.41) is 3.86. The number of carbonyl (C=O) groups is 3. The van der Waals surface area contributed by atoms with Crippen LogP contribution in [0.5, 0.6) is 0 Å². The first kappa shape index (κ1) is 20.7.